The van der Waals surface area contributed by atoms with Crippen LogP contribution in [0.5, 0.6) is 0 Å². The third kappa shape index (κ3) is 5.53. The fourth-order valence-electron chi connectivity index (χ4n) is 2.23. The molecular formula is C13H27NO. The van der Waals surface area contributed by atoms with Crippen molar-refractivity contribution in [2.24, 2.45) is 0 Å². The molecule has 0 bridgehead atoms. The van der Waals surface area contributed by atoms with Gasteiger partial charge >= 0.3 is 0 Å². The maximum atomic E-state index is 5.88. The van der Waals surface area contributed by atoms with E-state index in [2.05, 4.69) is 19.2 Å². The Bertz CT molecular complexity index is 149. The summed E-state index contributed by atoms with van der Waals surface area (Å²) in [5.74, 6) is 0. The standard InChI is InChI=1S/C13H27NO/c1-3-5-6-10-15-13-8-7-12(11-13)14-9-4-2/h12-14H,3-11H2,1-2H3. The molecule has 0 amide bonds. The number of hydrogen-bond acceptors (Lipinski definition) is 2. The lowest BCUT2D eigenvalue weighted by molar-refractivity contribution is 0.0542. The molecule has 0 aromatic heterocycles. The van der Waals surface area contributed by atoms with Crippen molar-refractivity contribution in [3.05, 3.63) is 0 Å². The molecule has 1 saturated carbocycles. The number of nitrogens with one attached hydrogen (secondary N) is 1. The fourth-order valence-corrected chi connectivity index (χ4v) is 2.23. The average Bonchev–Trinajstić information content (AvgIpc) is 2.69. The molecule has 15 heavy (non-hydrogen) atoms. The van der Waals surface area contributed by atoms with Crippen LogP contribution in [0.25, 0.3) is 0 Å². The van der Waals surface area contributed by atoms with Gasteiger partial charge in [0.05, 0.1) is 6.10 Å². The molecule has 0 saturated heterocycles. The smallest absolute Gasteiger partial charge is 0.0590 e. The maximum Gasteiger partial charge on any atom is 0.0590 e. The highest BCUT2D eigenvalue weighted by Crippen LogP contribution is 2.22. The molecule has 1 rings (SSSR count). The Hall–Kier alpha value is -0.0800. The second-order valence-corrected chi connectivity index (χ2v) is 4.66. The summed E-state index contributed by atoms with van der Waals surface area (Å²) in [5.41, 5.74) is 0. The number of rotatable bonds is 8. The van der Waals surface area contributed by atoms with Crippen LogP contribution in [0.3, 0.4) is 0 Å². The third-order valence-electron chi connectivity index (χ3n) is 3.17. The van der Waals surface area contributed by atoms with Gasteiger partial charge < -0.3 is 10.1 Å². The van der Waals surface area contributed by atoms with Crippen LogP contribution in [0, 0.1) is 0 Å². The Kier molecular flexibility index (Phi) is 7.03. The highest BCUT2D eigenvalue weighted by atomic mass is 16.5. The van der Waals surface area contributed by atoms with Crippen molar-refractivity contribution in [2.75, 3.05) is 13.2 Å². The Labute approximate surface area is 94.8 Å². The zero-order valence-corrected chi connectivity index (χ0v) is 10.4. The van der Waals surface area contributed by atoms with Crippen molar-refractivity contribution in [2.45, 2.75) is 70.9 Å². The van der Waals surface area contributed by atoms with Gasteiger partial charge in [0.15, 0.2) is 0 Å². The van der Waals surface area contributed by atoms with Gasteiger partial charge in [0.1, 0.15) is 0 Å². The van der Waals surface area contributed by atoms with Crippen molar-refractivity contribution in [1.29, 1.82) is 0 Å². The quantitative estimate of drug-likeness (QED) is 0.626. The molecule has 1 aliphatic carbocycles. The predicted molar refractivity (Wildman–Crippen MR) is 65.2 cm³/mol. The van der Waals surface area contributed by atoms with Gasteiger partial charge in [0, 0.05) is 12.6 Å². The molecule has 0 spiro atoms. The Morgan fingerprint density at radius 1 is 1.13 bits per heavy atom. The lowest BCUT2D eigenvalue weighted by Gasteiger charge is -2.13. The zero-order valence-electron chi connectivity index (χ0n) is 10.4. The summed E-state index contributed by atoms with van der Waals surface area (Å²) in [4.78, 5) is 0. The minimum Gasteiger partial charge on any atom is -0.378 e. The van der Waals surface area contributed by atoms with E-state index < -0.39 is 0 Å². The van der Waals surface area contributed by atoms with Gasteiger partial charge in [-0.25, -0.2) is 0 Å². The monoisotopic (exact) mass is 213 g/mol. The number of hydrogen-bond donors (Lipinski definition) is 1. The van der Waals surface area contributed by atoms with E-state index in [1.54, 1.807) is 0 Å². The molecule has 2 atom stereocenters. The summed E-state index contributed by atoms with van der Waals surface area (Å²) in [7, 11) is 0. The van der Waals surface area contributed by atoms with Gasteiger partial charge in [0.2, 0.25) is 0 Å². The van der Waals surface area contributed by atoms with Gasteiger partial charge in [-0.1, -0.05) is 26.7 Å². The first-order valence-corrected chi connectivity index (χ1v) is 6.71. The molecular weight excluding hydrogens is 186 g/mol. The van der Waals surface area contributed by atoms with Gasteiger partial charge in [-0.05, 0) is 38.6 Å². The van der Waals surface area contributed by atoms with Crippen LogP contribution in [0.15, 0.2) is 0 Å². The van der Waals surface area contributed by atoms with E-state index in [1.807, 2.05) is 0 Å². The third-order valence-corrected chi connectivity index (χ3v) is 3.17. The van der Waals surface area contributed by atoms with Gasteiger partial charge in [-0.2, -0.15) is 0 Å². The van der Waals surface area contributed by atoms with E-state index in [1.165, 1.54) is 44.9 Å². The van der Waals surface area contributed by atoms with Crippen molar-refractivity contribution < 1.29 is 4.74 Å². The second kappa shape index (κ2) is 8.12. The average molecular weight is 213 g/mol. The molecule has 1 N–H and O–H groups in total. The SMILES string of the molecule is CCCCCOC1CCC(NCCC)C1. The molecule has 2 nitrogen and oxygen atoms in total. The van der Waals surface area contributed by atoms with Crippen LogP contribution in [-0.2, 0) is 4.74 Å². The van der Waals surface area contributed by atoms with E-state index in [-0.39, 0.29) is 0 Å². The largest absolute Gasteiger partial charge is 0.378 e. The van der Waals surface area contributed by atoms with Crippen molar-refractivity contribution in [1.82, 2.24) is 5.32 Å². The van der Waals surface area contributed by atoms with E-state index in [4.69, 9.17) is 4.74 Å². The maximum absolute atomic E-state index is 5.88. The van der Waals surface area contributed by atoms with Gasteiger partial charge in [-0.3, -0.25) is 0 Å². The molecule has 0 aromatic rings. The first-order chi connectivity index (χ1) is 7.36. The van der Waals surface area contributed by atoms with Crippen molar-refractivity contribution >= 4 is 0 Å². The minimum atomic E-state index is 0.538. The molecule has 0 aromatic carbocycles. The number of unbranched alkanes of at least 4 members (excludes halogenated alkanes) is 2. The highest BCUT2D eigenvalue weighted by Gasteiger charge is 2.24. The van der Waals surface area contributed by atoms with Crippen molar-refractivity contribution in [3.63, 3.8) is 0 Å². The topological polar surface area (TPSA) is 21.3 Å². The molecule has 1 fully saturated rings. The summed E-state index contributed by atoms with van der Waals surface area (Å²) in [5, 5.41) is 3.58. The van der Waals surface area contributed by atoms with Crippen LogP contribution in [0.4, 0.5) is 0 Å². The van der Waals surface area contributed by atoms with Crippen molar-refractivity contribution in [3.8, 4) is 0 Å². The fraction of sp³-hybridized carbons (Fsp3) is 1.00. The van der Waals surface area contributed by atoms with Gasteiger partial charge in [0.25, 0.3) is 0 Å². The molecule has 2 heteroatoms. The van der Waals surface area contributed by atoms with Crippen LogP contribution < -0.4 is 5.32 Å². The summed E-state index contributed by atoms with van der Waals surface area (Å²) in [6.07, 6.45) is 9.39. The molecule has 0 radical (unpaired) electrons. The lowest BCUT2D eigenvalue weighted by Crippen LogP contribution is -2.27. The Balaban J connectivity index is 1.98. The normalized spacial score (nSPS) is 26.0. The van der Waals surface area contributed by atoms with Crippen LogP contribution >= 0.6 is 0 Å². The first-order valence-electron chi connectivity index (χ1n) is 6.71. The summed E-state index contributed by atoms with van der Waals surface area (Å²) >= 11 is 0. The zero-order chi connectivity index (χ0) is 10.9. The second-order valence-electron chi connectivity index (χ2n) is 4.66. The summed E-state index contributed by atoms with van der Waals surface area (Å²) < 4.78 is 5.88. The molecule has 90 valence electrons. The minimum absolute atomic E-state index is 0.538. The highest BCUT2D eigenvalue weighted by molar-refractivity contribution is 4.80. The van der Waals surface area contributed by atoms with Gasteiger partial charge in [-0.15, -0.1) is 0 Å². The van der Waals surface area contributed by atoms with Crippen LogP contribution in [0.1, 0.15) is 58.8 Å². The Morgan fingerprint density at radius 3 is 2.73 bits per heavy atom. The van der Waals surface area contributed by atoms with E-state index >= 15 is 0 Å². The number of ether oxygens (including phenoxy) is 1. The Morgan fingerprint density at radius 2 is 2.00 bits per heavy atom. The van der Waals surface area contributed by atoms with E-state index in [0.717, 1.165) is 19.2 Å². The molecule has 2 unspecified atom stereocenters. The molecule has 0 heterocycles. The summed E-state index contributed by atoms with van der Waals surface area (Å²) in [6, 6.07) is 0.723. The summed E-state index contributed by atoms with van der Waals surface area (Å²) in [6.45, 7) is 6.59. The molecule has 0 aliphatic heterocycles. The lowest BCUT2D eigenvalue weighted by atomic mass is 10.2. The van der Waals surface area contributed by atoms with Crippen LogP contribution in [-0.4, -0.2) is 25.3 Å². The van der Waals surface area contributed by atoms with E-state index in [0.29, 0.717) is 6.10 Å². The van der Waals surface area contributed by atoms with Crippen LogP contribution in [0.2, 0.25) is 0 Å². The predicted octanol–water partition coefficient (Wildman–Crippen LogP) is 3.11. The molecule has 1 aliphatic rings. The first kappa shape index (κ1) is 13.0. The van der Waals surface area contributed by atoms with E-state index in [9.17, 15) is 0 Å².